The molecule has 0 saturated heterocycles. The fourth-order valence-corrected chi connectivity index (χ4v) is 3.72. The molecule has 0 saturated carbocycles. The van der Waals surface area contributed by atoms with Crippen molar-refractivity contribution in [3.63, 3.8) is 0 Å². The molecule has 2 aliphatic rings. The Morgan fingerprint density at radius 1 is 0.889 bits per heavy atom. The van der Waals surface area contributed by atoms with Crippen molar-refractivity contribution in [2.75, 3.05) is 0 Å². The number of benzene rings is 2. The van der Waals surface area contributed by atoms with Gasteiger partial charge in [-0.2, -0.15) is 0 Å². The van der Waals surface area contributed by atoms with E-state index in [0.29, 0.717) is 5.92 Å². The van der Waals surface area contributed by atoms with Crippen LogP contribution >= 0.6 is 0 Å². The van der Waals surface area contributed by atoms with Crippen molar-refractivity contribution >= 4 is 0 Å². The molecule has 1 heteroatoms. The maximum atomic E-state index is 6.19. The van der Waals surface area contributed by atoms with Gasteiger partial charge < -0.3 is 4.74 Å². The first kappa shape index (κ1) is 10.2. The average molecular weight is 236 g/mol. The van der Waals surface area contributed by atoms with Crippen LogP contribution in [0.4, 0.5) is 0 Å². The smallest absolute Gasteiger partial charge is 0.132 e. The topological polar surface area (TPSA) is 9.23 Å². The van der Waals surface area contributed by atoms with Gasteiger partial charge >= 0.3 is 0 Å². The van der Waals surface area contributed by atoms with Gasteiger partial charge in [-0.3, -0.25) is 0 Å². The van der Waals surface area contributed by atoms with Crippen molar-refractivity contribution in [3.8, 4) is 5.75 Å². The van der Waals surface area contributed by atoms with E-state index in [0.717, 1.165) is 5.75 Å². The molecule has 2 aromatic carbocycles. The maximum absolute atomic E-state index is 6.19. The normalized spacial score (nSPS) is 26.1. The van der Waals surface area contributed by atoms with E-state index in [1.165, 1.54) is 16.7 Å². The number of hydrogen-bond acceptors (Lipinski definition) is 1. The minimum absolute atomic E-state index is 0.147. The van der Waals surface area contributed by atoms with Gasteiger partial charge in [0, 0.05) is 16.9 Å². The Morgan fingerprint density at radius 3 is 2.39 bits per heavy atom. The fraction of sp³-hybridized carbons (Fsp3) is 0.294. The molecule has 0 aromatic heterocycles. The highest BCUT2D eigenvalue weighted by atomic mass is 16.5. The van der Waals surface area contributed by atoms with Gasteiger partial charge in [-0.25, -0.2) is 0 Å². The third kappa shape index (κ3) is 1.07. The number of ether oxygens (including phenoxy) is 1. The van der Waals surface area contributed by atoms with Crippen LogP contribution in [0.5, 0.6) is 5.75 Å². The zero-order valence-electron chi connectivity index (χ0n) is 10.7. The first-order valence-corrected chi connectivity index (χ1v) is 6.54. The summed E-state index contributed by atoms with van der Waals surface area (Å²) in [5.41, 5.74) is 4.32. The van der Waals surface area contributed by atoms with E-state index in [1.54, 1.807) is 0 Å². The lowest BCUT2D eigenvalue weighted by atomic mass is 9.75. The number of fused-ring (bicyclic) bond motifs is 5. The van der Waals surface area contributed by atoms with Gasteiger partial charge in [0.15, 0.2) is 0 Å². The largest absolute Gasteiger partial charge is 0.485 e. The molecule has 0 N–H and O–H groups in total. The predicted octanol–water partition coefficient (Wildman–Crippen LogP) is 4.20. The third-order valence-electron chi connectivity index (χ3n) is 4.55. The molecule has 0 amide bonds. The number of para-hydroxylation sites is 1. The molecule has 1 heterocycles. The summed E-state index contributed by atoms with van der Waals surface area (Å²) in [5.74, 6) is 1.51. The second-order valence-electron chi connectivity index (χ2n) is 5.86. The van der Waals surface area contributed by atoms with Crippen molar-refractivity contribution in [2.45, 2.75) is 31.3 Å². The minimum Gasteiger partial charge on any atom is -0.485 e. The standard InChI is InChI=1S/C17H16O/c1-17(2)13-9-5-3-7-11(13)16-15(17)12-8-4-6-10-14(12)18-16/h3-10,15-16H,1-2H3. The molecule has 2 atom stereocenters. The Bertz CT molecular complexity index is 627. The maximum Gasteiger partial charge on any atom is 0.132 e. The second kappa shape index (κ2) is 3.17. The van der Waals surface area contributed by atoms with Crippen molar-refractivity contribution in [1.29, 1.82) is 0 Å². The summed E-state index contributed by atoms with van der Waals surface area (Å²) < 4.78 is 6.19. The van der Waals surface area contributed by atoms with Gasteiger partial charge in [0.2, 0.25) is 0 Å². The van der Waals surface area contributed by atoms with Crippen LogP contribution in [0.1, 0.15) is 42.6 Å². The quantitative estimate of drug-likeness (QED) is 0.666. The zero-order valence-corrected chi connectivity index (χ0v) is 10.7. The molecule has 2 aromatic rings. The lowest BCUT2D eigenvalue weighted by Gasteiger charge is -2.26. The van der Waals surface area contributed by atoms with Crippen molar-refractivity contribution in [1.82, 2.24) is 0 Å². The van der Waals surface area contributed by atoms with Gasteiger partial charge in [0.25, 0.3) is 0 Å². The Kier molecular flexibility index (Phi) is 1.79. The van der Waals surface area contributed by atoms with E-state index in [9.17, 15) is 0 Å². The zero-order chi connectivity index (χ0) is 12.3. The van der Waals surface area contributed by atoms with Crippen LogP contribution in [-0.4, -0.2) is 0 Å². The van der Waals surface area contributed by atoms with Crippen LogP contribution in [0.2, 0.25) is 0 Å². The van der Waals surface area contributed by atoms with E-state index in [1.807, 2.05) is 0 Å². The SMILES string of the molecule is CC1(C)c2ccccc2C2Oc3ccccc3C21. The Hall–Kier alpha value is -1.76. The van der Waals surface area contributed by atoms with E-state index in [4.69, 9.17) is 4.74 Å². The number of rotatable bonds is 0. The Balaban J connectivity index is 1.97. The van der Waals surface area contributed by atoms with Crippen LogP contribution in [0.25, 0.3) is 0 Å². The van der Waals surface area contributed by atoms with E-state index in [-0.39, 0.29) is 11.5 Å². The van der Waals surface area contributed by atoms with Gasteiger partial charge in [-0.05, 0) is 17.2 Å². The molecular weight excluding hydrogens is 220 g/mol. The van der Waals surface area contributed by atoms with Gasteiger partial charge in [0.1, 0.15) is 11.9 Å². The summed E-state index contributed by atoms with van der Waals surface area (Å²) in [6.45, 7) is 4.67. The summed E-state index contributed by atoms with van der Waals surface area (Å²) in [6, 6.07) is 17.2. The summed E-state index contributed by atoms with van der Waals surface area (Å²) in [4.78, 5) is 0. The fourth-order valence-electron chi connectivity index (χ4n) is 3.72. The van der Waals surface area contributed by atoms with E-state index in [2.05, 4.69) is 62.4 Å². The molecule has 18 heavy (non-hydrogen) atoms. The average Bonchev–Trinajstić information content (AvgIpc) is 2.86. The Morgan fingerprint density at radius 2 is 1.56 bits per heavy atom. The van der Waals surface area contributed by atoms with Gasteiger partial charge in [0.05, 0.1) is 0 Å². The molecule has 1 aliphatic carbocycles. The van der Waals surface area contributed by atoms with Crippen molar-refractivity contribution in [3.05, 3.63) is 65.2 Å². The molecule has 4 rings (SSSR count). The molecule has 0 spiro atoms. The first-order chi connectivity index (χ1) is 8.69. The van der Waals surface area contributed by atoms with E-state index >= 15 is 0 Å². The van der Waals surface area contributed by atoms with E-state index < -0.39 is 0 Å². The van der Waals surface area contributed by atoms with Crippen molar-refractivity contribution < 1.29 is 4.74 Å². The monoisotopic (exact) mass is 236 g/mol. The molecule has 90 valence electrons. The lowest BCUT2D eigenvalue weighted by molar-refractivity contribution is 0.198. The highest BCUT2D eigenvalue weighted by molar-refractivity contribution is 5.54. The third-order valence-corrected chi connectivity index (χ3v) is 4.55. The van der Waals surface area contributed by atoms with Crippen LogP contribution < -0.4 is 4.74 Å². The van der Waals surface area contributed by atoms with Gasteiger partial charge in [-0.1, -0.05) is 56.3 Å². The molecule has 0 fully saturated rings. The van der Waals surface area contributed by atoms with Crippen molar-refractivity contribution in [2.24, 2.45) is 0 Å². The molecular formula is C17H16O. The van der Waals surface area contributed by atoms with Crippen LogP contribution in [0, 0.1) is 0 Å². The summed E-state index contributed by atoms with van der Waals surface area (Å²) >= 11 is 0. The summed E-state index contributed by atoms with van der Waals surface area (Å²) in [6.07, 6.45) is 0.202. The molecule has 1 aliphatic heterocycles. The van der Waals surface area contributed by atoms with Crippen LogP contribution in [0.3, 0.4) is 0 Å². The second-order valence-corrected chi connectivity index (χ2v) is 5.86. The Labute approximate surface area is 107 Å². The lowest BCUT2D eigenvalue weighted by Crippen LogP contribution is -2.22. The molecule has 0 radical (unpaired) electrons. The van der Waals surface area contributed by atoms with Crippen LogP contribution in [0.15, 0.2) is 48.5 Å². The minimum atomic E-state index is 0.147. The number of hydrogen-bond donors (Lipinski definition) is 0. The van der Waals surface area contributed by atoms with Gasteiger partial charge in [-0.15, -0.1) is 0 Å². The molecule has 0 bridgehead atoms. The molecule has 1 nitrogen and oxygen atoms in total. The predicted molar refractivity (Wildman–Crippen MR) is 72.0 cm³/mol. The summed E-state index contributed by atoms with van der Waals surface area (Å²) in [7, 11) is 0. The van der Waals surface area contributed by atoms with Crippen LogP contribution in [-0.2, 0) is 5.41 Å². The summed E-state index contributed by atoms with van der Waals surface area (Å²) in [5, 5.41) is 0. The highest BCUT2D eigenvalue weighted by Crippen LogP contribution is 2.61. The highest BCUT2D eigenvalue weighted by Gasteiger charge is 2.52. The first-order valence-electron chi connectivity index (χ1n) is 6.54. The molecule has 2 unspecified atom stereocenters.